The molecule has 0 amide bonds. The lowest BCUT2D eigenvalue weighted by Gasteiger charge is -2.04. The number of carboxylic acid groups (broad SMARTS) is 1. The van der Waals surface area contributed by atoms with Crippen LogP contribution in [0, 0.1) is 6.92 Å². The molecular formula is C14H19N3O2S. The normalized spacial score (nSPS) is 10.9. The number of thiophene rings is 1. The number of nitrogens with one attached hydrogen (secondary N) is 1. The molecule has 20 heavy (non-hydrogen) atoms. The van der Waals surface area contributed by atoms with Crippen LogP contribution in [0.3, 0.4) is 0 Å². The van der Waals surface area contributed by atoms with Gasteiger partial charge in [-0.15, -0.1) is 11.3 Å². The Labute approximate surface area is 122 Å². The molecule has 2 aromatic heterocycles. The lowest BCUT2D eigenvalue weighted by Crippen LogP contribution is -2.13. The predicted molar refractivity (Wildman–Crippen MR) is 79.1 cm³/mol. The number of hydrogen-bond acceptors (Lipinski definition) is 4. The molecule has 2 aromatic rings. The maximum Gasteiger partial charge on any atom is 0.345 e. The maximum atomic E-state index is 10.9. The van der Waals surface area contributed by atoms with Crippen LogP contribution in [-0.2, 0) is 26.6 Å². The fourth-order valence-electron chi connectivity index (χ4n) is 2.16. The van der Waals surface area contributed by atoms with Crippen LogP contribution in [0.4, 0.5) is 0 Å². The summed E-state index contributed by atoms with van der Waals surface area (Å²) < 4.78 is 1.83. The molecule has 0 atom stereocenters. The van der Waals surface area contributed by atoms with Crippen molar-refractivity contribution in [3.05, 3.63) is 38.8 Å². The monoisotopic (exact) mass is 293 g/mol. The van der Waals surface area contributed by atoms with Crippen LogP contribution in [0.25, 0.3) is 0 Å². The summed E-state index contributed by atoms with van der Waals surface area (Å²) in [6, 6.07) is 1.75. The zero-order valence-electron chi connectivity index (χ0n) is 11.9. The number of carbonyl (C=O) groups is 1. The quantitative estimate of drug-likeness (QED) is 0.858. The number of aromatic carboxylic acids is 1. The van der Waals surface area contributed by atoms with Crippen LogP contribution >= 0.6 is 11.3 Å². The van der Waals surface area contributed by atoms with Gasteiger partial charge in [-0.05, 0) is 25.0 Å². The van der Waals surface area contributed by atoms with E-state index in [1.165, 1.54) is 16.9 Å². The van der Waals surface area contributed by atoms with Gasteiger partial charge in [-0.2, -0.15) is 5.10 Å². The van der Waals surface area contributed by atoms with E-state index in [1.807, 2.05) is 24.9 Å². The fraction of sp³-hybridized carbons (Fsp3) is 0.429. The molecule has 0 saturated carbocycles. The van der Waals surface area contributed by atoms with E-state index in [1.54, 1.807) is 6.07 Å². The summed E-state index contributed by atoms with van der Waals surface area (Å²) in [7, 11) is 1.92. The molecule has 5 nitrogen and oxygen atoms in total. The van der Waals surface area contributed by atoms with Crippen LogP contribution in [0.5, 0.6) is 0 Å². The van der Waals surface area contributed by atoms with Crippen LogP contribution in [-0.4, -0.2) is 20.9 Å². The van der Waals surface area contributed by atoms with Crippen molar-refractivity contribution < 1.29 is 9.90 Å². The Morgan fingerprint density at radius 3 is 2.75 bits per heavy atom. The first-order valence-electron chi connectivity index (χ1n) is 6.56. The molecule has 2 rings (SSSR count). The first-order valence-corrected chi connectivity index (χ1v) is 7.37. The Kier molecular flexibility index (Phi) is 4.57. The van der Waals surface area contributed by atoms with Crippen molar-refractivity contribution in [1.29, 1.82) is 0 Å². The molecule has 0 saturated heterocycles. The summed E-state index contributed by atoms with van der Waals surface area (Å²) in [4.78, 5) is 12.4. The zero-order chi connectivity index (χ0) is 14.7. The van der Waals surface area contributed by atoms with Crippen molar-refractivity contribution in [3.8, 4) is 0 Å². The highest BCUT2D eigenvalue weighted by atomic mass is 32.1. The predicted octanol–water partition coefficient (Wildman–Crippen LogP) is 2.34. The molecule has 2 N–H and O–H groups in total. The van der Waals surface area contributed by atoms with Crippen molar-refractivity contribution >= 4 is 17.3 Å². The molecule has 0 spiro atoms. The van der Waals surface area contributed by atoms with E-state index in [0.29, 0.717) is 11.4 Å². The topological polar surface area (TPSA) is 67.2 Å². The molecule has 6 heteroatoms. The Bertz CT molecular complexity index is 616. The van der Waals surface area contributed by atoms with E-state index in [-0.39, 0.29) is 0 Å². The van der Waals surface area contributed by atoms with Crippen molar-refractivity contribution in [2.24, 2.45) is 7.05 Å². The van der Waals surface area contributed by atoms with E-state index in [0.717, 1.165) is 29.1 Å². The molecule has 0 aliphatic rings. The zero-order valence-corrected chi connectivity index (χ0v) is 12.8. The van der Waals surface area contributed by atoms with Gasteiger partial charge in [-0.25, -0.2) is 4.79 Å². The largest absolute Gasteiger partial charge is 0.477 e. The van der Waals surface area contributed by atoms with Gasteiger partial charge in [0.15, 0.2) is 0 Å². The van der Waals surface area contributed by atoms with Gasteiger partial charge in [0, 0.05) is 36.8 Å². The highest BCUT2D eigenvalue weighted by Gasteiger charge is 2.11. The Balaban J connectivity index is 1.97. The molecule has 0 aliphatic carbocycles. The molecule has 0 radical (unpaired) electrons. The van der Waals surface area contributed by atoms with Gasteiger partial charge in [-0.3, -0.25) is 4.68 Å². The first kappa shape index (κ1) is 14.7. The van der Waals surface area contributed by atoms with Gasteiger partial charge < -0.3 is 10.4 Å². The molecule has 0 unspecified atom stereocenters. The van der Waals surface area contributed by atoms with Gasteiger partial charge >= 0.3 is 5.97 Å². The van der Waals surface area contributed by atoms with E-state index in [9.17, 15) is 4.79 Å². The minimum atomic E-state index is -0.857. The SMILES string of the molecule is CCc1nn(C)cc1CNCc1cc(C(=O)O)sc1C. The van der Waals surface area contributed by atoms with Gasteiger partial charge in [-0.1, -0.05) is 6.92 Å². The van der Waals surface area contributed by atoms with Crippen molar-refractivity contribution in [3.63, 3.8) is 0 Å². The average molecular weight is 293 g/mol. The second-order valence-electron chi connectivity index (χ2n) is 4.73. The Morgan fingerprint density at radius 1 is 1.45 bits per heavy atom. The molecule has 0 aromatic carbocycles. The van der Waals surface area contributed by atoms with Gasteiger partial charge in [0.2, 0.25) is 0 Å². The van der Waals surface area contributed by atoms with Crippen molar-refractivity contribution in [1.82, 2.24) is 15.1 Å². The highest BCUT2D eigenvalue weighted by Crippen LogP contribution is 2.21. The maximum absolute atomic E-state index is 10.9. The number of aryl methyl sites for hydroxylation is 3. The van der Waals surface area contributed by atoms with E-state index in [2.05, 4.69) is 17.3 Å². The summed E-state index contributed by atoms with van der Waals surface area (Å²) in [6.07, 6.45) is 2.94. The van der Waals surface area contributed by atoms with E-state index >= 15 is 0 Å². The number of rotatable bonds is 6. The van der Waals surface area contributed by atoms with Crippen molar-refractivity contribution in [2.45, 2.75) is 33.4 Å². The van der Waals surface area contributed by atoms with E-state index < -0.39 is 5.97 Å². The second kappa shape index (κ2) is 6.19. The minimum absolute atomic E-state index is 0.398. The van der Waals surface area contributed by atoms with E-state index in [4.69, 9.17) is 5.11 Å². The van der Waals surface area contributed by atoms with Crippen LogP contribution < -0.4 is 5.32 Å². The smallest absolute Gasteiger partial charge is 0.345 e. The summed E-state index contributed by atoms with van der Waals surface area (Å²) in [5.41, 5.74) is 3.35. The average Bonchev–Trinajstić information content (AvgIpc) is 2.93. The molecule has 108 valence electrons. The summed E-state index contributed by atoms with van der Waals surface area (Å²) in [5, 5.41) is 16.7. The summed E-state index contributed by atoms with van der Waals surface area (Å²) in [6.45, 7) is 5.46. The third-order valence-corrected chi connectivity index (χ3v) is 4.27. The molecule has 0 aliphatic heterocycles. The fourth-order valence-corrected chi connectivity index (χ4v) is 3.04. The van der Waals surface area contributed by atoms with Crippen LogP contribution in [0.15, 0.2) is 12.3 Å². The molecule has 0 bridgehead atoms. The van der Waals surface area contributed by atoms with Gasteiger partial charge in [0.1, 0.15) is 4.88 Å². The molecule has 0 fully saturated rings. The summed E-state index contributed by atoms with van der Waals surface area (Å²) in [5.74, 6) is -0.857. The molecular weight excluding hydrogens is 274 g/mol. The number of hydrogen-bond donors (Lipinski definition) is 2. The number of nitrogens with zero attached hydrogens (tertiary/aromatic N) is 2. The molecule has 2 heterocycles. The first-order chi connectivity index (χ1) is 9.51. The lowest BCUT2D eigenvalue weighted by atomic mass is 10.2. The van der Waals surface area contributed by atoms with Gasteiger partial charge in [0.25, 0.3) is 0 Å². The third-order valence-electron chi connectivity index (χ3n) is 3.19. The standard InChI is InChI=1S/C14H19N3O2S/c1-4-12-11(8-17(3)16-12)7-15-6-10-5-13(14(18)19)20-9(10)2/h5,8,15H,4,6-7H2,1-3H3,(H,18,19). The Hall–Kier alpha value is -1.66. The number of aromatic nitrogens is 2. The van der Waals surface area contributed by atoms with Crippen LogP contribution in [0.1, 0.15) is 38.3 Å². The Morgan fingerprint density at radius 2 is 2.15 bits per heavy atom. The van der Waals surface area contributed by atoms with Gasteiger partial charge in [0.05, 0.1) is 5.69 Å². The minimum Gasteiger partial charge on any atom is -0.477 e. The van der Waals surface area contributed by atoms with Crippen LogP contribution in [0.2, 0.25) is 0 Å². The van der Waals surface area contributed by atoms with Crippen molar-refractivity contribution in [2.75, 3.05) is 0 Å². The second-order valence-corrected chi connectivity index (χ2v) is 5.99. The highest BCUT2D eigenvalue weighted by molar-refractivity contribution is 7.14. The lowest BCUT2D eigenvalue weighted by molar-refractivity contribution is 0.0702. The third kappa shape index (κ3) is 3.26. The summed E-state index contributed by atoms with van der Waals surface area (Å²) >= 11 is 1.32. The number of carboxylic acids is 1.